The average molecular weight is 206 g/mol. The number of amidine groups is 1. The monoisotopic (exact) mass is 206 g/mol. The van der Waals surface area contributed by atoms with Gasteiger partial charge in [0, 0.05) is 26.6 Å². The highest BCUT2D eigenvalue weighted by molar-refractivity contribution is 6.15. The quantitative estimate of drug-likeness (QED) is 0.549. The van der Waals surface area contributed by atoms with E-state index in [9.17, 15) is 0 Å². The molecule has 1 saturated heterocycles. The van der Waals surface area contributed by atoms with Gasteiger partial charge in [0.2, 0.25) is 0 Å². The van der Waals surface area contributed by atoms with Crippen LogP contribution in [0.4, 0.5) is 0 Å². The van der Waals surface area contributed by atoms with E-state index < -0.39 is 0 Å². The number of hydrogen-bond donors (Lipinski definition) is 0. The Morgan fingerprint density at radius 1 is 1.47 bits per heavy atom. The first-order valence-corrected chi connectivity index (χ1v) is 6.21. The Hall–Kier alpha value is -0.465. The van der Waals surface area contributed by atoms with E-state index in [0.29, 0.717) is 5.31 Å². The molecule has 0 amide bonds. The molecule has 1 saturated carbocycles. The van der Waals surface area contributed by atoms with Gasteiger partial charge < -0.3 is 4.90 Å². The van der Waals surface area contributed by atoms with Gasteiger partial charge in [0.25, 0.3) is 0 Å². The smallest absolute Gasteiger partial charge is 0.109 e. The third kappa shape index (κ3) is 2.06. The van der Waals surface area contributed by atoms with Crippen molar-refractivity contribution in [2.45, 2.75) is 37.9 Å². The Morgan fingerprint density at radius 3 is 2.87 bits per heavy atom. The SMILES string of the molecule is BC1(C)CC[C@@H]2/C(=N/C)N(C)CCC2C1. The van der Waals surface area contributed by atoms with E-state index in [1.54, 1.807) is 0 Å². The van der Waals surface area contributed by atoms with Crippen LogP contribution in [0.5, 0.6) is 0 Å². The lowest BCUT2D eigenvalue weighted by Gasteiger charge is -2.46. The highest BCUT2D eigenvalue weighted by Gasteiger charge is 2.40. The summed E-state index contributed by atoms with van der Waals surface area (Å²) in [5, 5.41) is 0.565. The van der Waals surface area contributed by atoms with Gasteiger partial charge >= 0.3 is 0 Å². The van der Waals surface area contributed by atoms with Crippen molar-refractivity contribution in [2.24, 2.45) is 16.8 Å². The van der Waals surface area contributed by atoms with E-state index >= 15 is 0 Å². The van der Waals surface area contributed by atoms with Crippen LogP contribution in [-0.2, 0) is 0 Å². The van der Waals surface area contributed by atoms with Crippen molar-refractivity contribution in [1.29, 1.82) is 0 Å². The van der Waals surface area contributed by atoms with Gasteiger partial charge in [-0.2, -0.15) is 0 Å². The average Bonchev–Trinajstić information content (AvgIpc) is 2.17. The Balaban J connectivity index is 2.15. The number of likely N-dealkylation sites (tertiary alicyclic amines) is 1. The summed E-state index contributed by atoms with van der Waals surface area (Å²) in [4.78, 5) is 6.86. The molecule has 1 aliphatic heterocycles. The van der Waals surface area contributed by atoms with E-state index in [0.717, 1.165) is 11.8 Å². The number of hydrogen-bond acceptors (Lipinski definition) is 1. The minimum absolute atomic E-state index is 0.565. The lowest BCUT2D eigenvalue weighted by Crippen LogP contribution is -2.46. The van der Waals surface area contributed by atoms with Crippen LogP contribution in [0.1, 0.15) is 32.6 Å². The van der Waals surface area contributed by atoms with E-state index in [1.165, 1.54) is 38.1 Å². The van der Waals surface area contributed by atoms with Crippen molar-refractivity contribution in [3.8, 4) is 0 Å². The second-order valence-corrected chi connectivity index (χ2v) is 6.07. The second-order valence-electron chi connectivity index (χ2n) is 6.07. The molecular weight excluding hydrogens is 183 g/mol. The molecule has 2 nitrogen and oxygen atoms in total. The van der Waals surface area contributed by atoms with Crippen LogP contribution in [-0.4, -0.2) is 39.2 Å². The number of nitrogens with zero attached hydrogens (tertiary/aromatic N) is 2. The van der Waals surface area contributed by atoms with Gasteiger partial charge in [-0.15, -0.1) is 0 Å². The summed E-state index contributed by atoms with van der Waals surface area (Å²) < 4.78 is 0. The number of piperidine rings is 1. The predicted molar refractivity (Wildman–Crippen MR) is 68.3 cm³/mol. The van der Waals surface area contributed by atoms with Crippen LogP contribution in [0.25, 0.3) is 0 Å². The number of rotatable bonds is 0. The molecule has 84 valence electrons. The van der Waals surface area contributed by atoms with E-state index in [-0.39, 0.29) is 0 Å². The van der Waals surface area contributed by atoms with Crippen LogP contribution in [0.3, 0.4) is 0 Å². The molecule has 2 fully saturated rings. The molecule has 0 radical (unpaired) electrons. The molecule has 1 aliphatic carbocycles. The maximum absolute atomic E-state index is 4.50. The zero-order chi connectivity index (χ0) is 11.1. The highest BCUT2D eigenvalue weighted by atomic mass is 15.2. The maximum atomic E-state index is 4.50. The maximum Gasteiger partial charge on any atom is 0.109 e. The summed E-state index contributed by atoms with van der Waals surface area (Å²) >= 11 is 0. The fourth-order valence-corrected chi connectivity index (χ4v) is 3.47. The summed E-state index contributed by atoms with van der Waals surface area (Å²) in [7, 11) is 6.57. The third-order valence-corrected chi connectivity index (χ3v) is 4.30. The molecule has 3 heteroatoms. The van der Waals surface area contributed by atoms with Crippen molar-refractivity contribution in [3.63, 3.8) is 0 Å². The molecule has 15 heavy (non-hydrogen) atoms. The van der Waals surface area contributed by atoms with Crippen LogP contribution in [0, 0.1) is 11.8 Å². The number of fused-ring (bicyclic) bond motifs is 1. The van der Waals surface area contributed by atoms with Crippen molar-refractivity contribution >= 4 is 13.7 Å². The highest BCUT2D eigenvalue weighted by Crippen LogP contribution is 2.48. The van der Waals surface area contributed by atoms with Gasteiger partial charge in [-0.3, -0.25) is 4.99 Å². The molecule has 1 heterocycles. The van der Waals surface area contributed by atoms with Gasteiger partial charge in [-0.05, 0) is 18.8 Å². The second kappa shape index (κ2) is 3.84. The normalized spacial score (nSPS) is 44.2. The van der Waals surface area contributed by atoms with Crippen molar-refractivity contribution in [3.05, 3.63) is 0 Å². The molecule has 2 unspecified atom stereocenters. The van der Waals surface area contributed by atoms with Crippen LogP contribution in [0.15, 0.2) is 4.99 Å². The summed E-state index contributed by atoms with van der Waals surface area (Å²) in [6, 6.07) is 0. The fourth-order valence-electron chi connectivity index (χ4n) is 3.47. The zero-order valence-corrected chi connectivity index (χ0v) is 10.6. The van der Waals surface area contributed by atoms with Crippen LogP contribution < -0.4 is 0 Å². The van der Waals surface area contributed by atoms with Crippen LogP contribution in [0.2, 0.25) is 5.31 Å². The summed E-state index contributed by atoms with van der Waals surface area (Å²) in [6.07, 6.45) is 5.46. The lowest BCUT2D eigenvalue weighted by atomic mass is 9.55. The Morgan fingerprint density at radius 2 is 2.20 bits per heavy atom. The molecule has 0 aromatic carbocycles. The fraction of sp³-hybridized carbons (Fsp3) is 0.917. The van der Waals surface area contributed by atoms with Gasteiger partial charge in [-0.25, -0.2) is 0 Å². The minimum Gasteiger partial charge on any atom is -0.363 e. The van der Waals surface area contributed by atoms with Crippen molar-refractivity contribution in [1.82, 2.24) is 4.90 Å². The molecule has 0 aromatic rings. The molecule has 0 spiro atoms. The van der Waals surface area contributed by atoms with E-state index in [1.807, 2.05) is 7.05 Å². The Labute approximate surface area is 94.5 Å². The van der Waals surface area contributed by atoms with Crippen molar-refractivity contribution < 1.29 is 0 Å². The number of aliphatic imine (C=N–C) groups is 1. The first kappa shape index (κ1) is 11.0. The minimum atomic E-state index is 0.565. The summed E-state index contributed by atoms with van der Waals surface area (Å²) in [5.41, 5.74) is 0. The predicted octanol–water partition coefficient (Wildman–Crippen LogP) is 1.58. The first-order valence-electron chi connectivity index (χ1n) is 6.21. The largest absolute Gasteiger partial charge is 0.363 e. The van der Waals surface area contributed by atoms with Gasteiger partial charge in [0.1, 0.15) is 13.7 Å². The molecule has 0 aromatic heterocycles. The lowest BCUT2D eigenvalue weighted by molar-refractivity contribution is 0.186. The Kier molecular flexibility index (Phi) is 2.82. The third-order valence-electron chi connectivity index (χ3n) is 4.30. The Bertz CT molecular complexity index is 273. The van der Waals surface area contributed by atoms with Gasteiger partial charge in [-0.1, -0.05) is 25.1 Å². The van der Waals surface area contributed by atoms with E-state index in [4.69, 9.17) is 0 Å². The molecule has 0 bridgehead atoms. The summed E-state index contributed by atoms with van der Waals surface area (Å²) in [6.45, 7) is 3.62. The molecule has 3 atom stereocenters. The summed E-state index contributed by atoms with van der Waals surface area (Å²) in [5.74, 6) is 3.01. The van der Waals surface area contributed by atoms with Gasteiger partial charge in [0.15, 0.2) is 0 Å². The standard InChI is InChI=1S/C12H23BN2/c1-12(13)6-4-10-9(8-12)5-7-15(3)11(10)14-2/h9-10H,4-8,13H2,1-3H3/b14-11-/t9?,10-,12?/m0/s1. The molecule has 2 rings (SSSR count). The molecule has 0 N–H and O–H groups in total. The van der Waals surface area contributed by atoms with Crippen LogP contribution >= 0.6 is 0 Å². The van der Waals surface area contributed by atoms with Gasteiger partial charge in [0.05, 0.1) is 0 Å². The molecular formula is C12H23BN2. The van der Waals surface area contributed by atoms with E-state index in [2.05, 4.69) is 31.7 Å². The topological polar surface area (TPSA) is 15.6 Å². The zero-order valence-electron chi connectivity index (χ0n) is 10.6. The van der Waals surface area contributed by atoms with Crippen molar-refractivity contribution in [2.75, 3.05) is 20.6 Å². The first-order chi connectivity index (χ1) is 7.03. The molecule has 2 aliphatic rings.